The summed E-state index contributed by atoms with van der Waals surface area (Å²) in [4.78, 5) is 24.2. The number of hydrogen-bond acceptors (Lipinski definition) is 10. The Labute approximate surface area is 238 Å². The number of ether oxygens (including phenoxy) is 1. The van der Waals surface area contributed by atoms with Crippen molar-refractivity contribution in [1.29, 1.82) is 0 Å². The van der Waals surface area contributed by atoms with Crippen LogP contribution in [0.4, 0.5) is 10.3 Å². The van der Waals surface area contributed by atoms with Crippen molar-refractivity contribution >= 4 is 33.3 Å². The number of nitrogens with two attached hydrogens (primary N) is 1. The molecule has 0 bridgehead atoms. The Kier molecular flexibility index (Phi) is 6.93. The Hall–Kier alpha value is -3.81. The molecular formula is C28H31FN8O3S. The fourth-order valence-electron chi connectivity index (χ4n) is 5.86. The highest BCUT2D eigenvalue weighted by Crippen LogP contribution is 2.32. The summed E-state index contributed by atoms with van der Waals surface area (Å²) in [6, 6.07) is 8.86. The van der Waals surface area contributed by atoms with E-state index in [0.717, 1.165) is 68.8 Å². The number of nitrogens with zero attached hydrogens (tertiary/aromatic N) is 6. The molecule has 7 rings (SSSR count). The van der Waals surface area contributed by atoms with Crippen LogP contribution in [0.15, 0.2) is 45.8 Å². The summed E-state index contributed by atoms with van der Waals surface area (Å²) in [5.41, 5.74) is 7.95. The molecule has 6 heterocycles. The molecule has 0 atom stereocenters. The van der Waals surface area contributed by atoms with Crippen molar-refractivity contribution in [2.24, 2.45) is 0 Å². The van der Waals surface area contributed by atoms with Gasteiger partial charge < -0.3 is 25.1 Å². The third-order valence-corrected chi connectivity index (χ3v) is 9.05. The average molecular weight is 579 g/mol. The number of halogens is 1. The molecular weight excluding hydrogens is 547 g/mol. The summed E-state index contributed by atoms with van der Waals surface area (Å²) in [7, 11) is 0. The molecule has 4 aromatic heterocycles. The van der Waals surface area contributed by atoms with Crippen LogP contribution in [0, 0.1) is 5.82 Å². The highest BCUT2D eigenvalue weighted by Gasteiger charge is 2.25. The van der Waals surface area contributed by atoms with Crippen LogP contribution in [-0.2, 0) is 6.54 Å². The topological polar surface area (TPSA) is 129 Å². The van der Waals surface area contributed by atoms with E-state index in [-0.39, 0.29) is 28.7 Å². The predicted octanol–water partition coefficient (Wildman–Crippen LogP) is 3.49. The molecule has 11 nitrogen and oxygen atoms in total. The van der Waals surface area contributed by atoms with Crippen LogP contribution in [-0.4, -0.2) is 67.9 Å². The van der Waals surface area contributed by atoms with Crippen LogP contribution in [0.25, 0.3) is 27.6 Å². The number of nitrogens with one attached hydrogen (secondary N) is 1. The molecule has 5 aromatic rings. The molecule has 0 radical (unpaired) electrons. The fourth-order valence-corrected chi connectivity index (χ4v) is 6.80. The highest BCUT2D eigenvalue weighted by molar-refractivity contribution is 7.17. The van der Waals surface area contributed by atoms with Crippen molar-refractivity contribution in [3.8, 4) is 17.3 Å². The molecule has 0 unspecified atom stereocenters. The van der Waals surface area contributed by atoms with Crippen LogP contribution in [0.1, 0.15) is 37.2 Å². The number of nitrogen functional groups attached to an aromatic ring is 1. The zero-order valence-electron chi connectivity index (χ0n) is 22.5. The standard InChI is InChI=1S/C28H31FN8O3S/c29-21-16-19(40-18-5-9-31-10-6-18)3-4-20(21)17-7-11-35(12-8-17)13-14-36-25-23(41-28(36)38)26-32-24(22-2-1-15-39-22)34-37(26)27(30)33-25/h1-4,15-18,31H,5-14H2,(H2,30,33). The second-order valence-electron chi connectivity index (χ2n) is 10.7. The molecule has 0 saturated carbocycles. The normalized spacial score (nSPS) is 17.6. The second-order valence-corrected chi connectivity index (χ2v) is 11.6. The van der Waals surface area contributed by atoms with Gasteiger partial charge in [-0.2, -0.15) is 9.50 Å². The fraction of sp³-hybridized carbons (Fsp3) is 0.429. The molecule has 13 heteroatoms. The van der Waals surface area contributed by atoms with Gasteiger partial charge in [-0.25, -0.2) is 9.37 Å². The third-order valence-electron chi connectivity index (χ3n) is 8.09. The Morgan fingerprint density at radius 2 is 1.93 bits per heavy atom. The van der Waals surface area contributed by atoms with Gasteiger partial charge in [-0.1, -0.05) is 17.4 Å². The minimum absolute atomic E-state index is 0.119. The van der Waals surface area contributed by atoms with Gasteiger partial charge in [0.1, 0.15) is 22.4 Å². The summed E-state index contributed by atoms with van der Waals surface area (Å²) >= 11 is 1.09. The molecule has 0 spiro atoms. The molecule has 2 saturated heterocycles. The largest absolute Gasteiger partial charge is 0.490 e. The van der Waals surface area contributed by atoms with Gasteiger partial charge in [0.05, 0.1) is 6.26 Å². The lowest BCUT2D eigenvalue weighted by Crippen LogP contribution is -2.36. The highest BCUT2D eigenvalue weighted by atomic mass is 32.1. The van der Waals surface area contributed by atoms with Gasteiger partial charge in [0.2, 0.25) is 11.8 Å². The van der Waals surface area contributed by atoms with E-state index in [1.54, 1.807) is 29.0 Å². The number of likely N-dealkylation sites (tertiary alicyclic amines) is 1. The summed E-state index contributed by atoms with van der Waals surface area (Å²) in [5.74, 6) is 1.63. The third kappa shape index (κ3) is 5.09. The molecule has 214 valence electrons. The molecule has 1 aromatic carbocycles. The van der Waals surface area contributed by atoms with Gasteiger partial charge >= 0.3 is 4.87 Å². The van der Waals surface area contributed by atoms with Gasteiger partial charge in [-0.05, 0) is 81.5 Å². The number of aromatic nitrogens is 5. The molecule has 41 heavy (non-hydrogen) atoms. The molecule has 2 aliphatic heterocycles. The molecule has 0 amide bonds. The van der Waals surface area contributed by atoms with Crippen molar-refractivity contribution in [3.05, 3.63) is 57.6 Å². The van der Waals surface area contributed by atoms with Crippen LogP contribution in [0.2, 0.25) is 0 Å². The lowest BCUT2D eigenvalue weighted by Gasteiger charge is -2.32. The summed E-state index contributed by atoms with van der Waals surface area (Å²) in [5, 5.41) is 7.73. The van der Waals surface area contributed by atoms with Crippen molar-refractivity contribution in [2.45, 2.75) is 44.2 Å². The van der Waals surface area contributed by atoms with E-state index in [2.05, 4.69) is 25.3 Å². The first-order valence-electron chi connectivity index (χ1n) is 14.0. The monoisotopic (exact) mass is 578 g/mol. The van der Waals surface area contributed by atoms with Crippen molar-refractivity contribution < 1.29 is 13.5 Å². The minimum Gasteiger partial charge on any atom is -0.490 e. The quantitative estimate of drug-likeness (QED) is 0.298. The molecule has 0 aliphatic carbocycles. The lowest BCUT2D eigenvalue weighted by atomic mass is 9.89. The van der Waals surface area contributed by atoms with E-state index in [4.69, 9.17) is 14.9 Å². The van der Waals surface area contributed by atoms with E-state index in [9.17, 15) is 4.79 Å². The van der Waals surface area contributed by atoms with Gasteiger partial charge in [0.25, 0.3) is 0 Å². The van der Waals surface area contributed by atoms with Crippen molar-refractivity contribution in [3.63, 3.8) is 0 Å². The first-order chi connectivity index (χ1) is 20.0. The maximum absolute atomic E-state index is 15.1. The maximum atomic E-state index is 15.1. The van der Waals surface area contributed by atoms with Crippen molar-refractivity contribution in [2.75, 3.05) is 38.5 Å². The predicted molar refractivity (Wildman–Crippen MR) is 154 cm³/mol. The number of fused-ring (bicyclic) bond motifs is 3. The maximum Gasteiger partial charge on any atom is 0.309 e. The smallest absolute Gasteiger partial charge is 0.309 e. The van der Waals surface area contributed by atoms with E-state index >= 15 is 4.39 Å². The number of rotatable bonds is 7. The zero-order chi connectivity index (χ0) is 27.9. The number of furan rings is 1. The van der Waals surface area contributed by atoms with Gasteiger partial charge in [-0.15, -0.1) is 5.10 Å². The number of benzene rings is 1. The van der Waals surface area contributed by atoms with Crippen LogP contribution < -0.4 is 20.7 Å². The van der Waals surface area contributed by atoms with E-state index in [0.29, 0.717) is 46.4 Å². The number of piperidine rings is 2. The summed E-state index contributed by atoms with van der Waals surface area (Å²) < 4.78 is 30.2. The Bertz CT molecular complexity index is 1730. The van der Waals surface area contributed by atoms with Crippen LogP contribution >= 0.6 is 11.3 Å². The van der Waals surface area contributed by atoms with Gasteiger partial charge in [0, 0.05) is 19.2 Å². The van der Waals surface area contributed by atoms with Gasteiger partial charge in [0.15, 0.2) is 17.1 Å². The van der Waals surface area contributed by atoms with E-state index in [1.165, 1.54) is 4.52 Å². The molecule has 2 fully saturated rings. The first kappa shape index (κ1) is 26.1. The second kappa shape index (κ2) is 10.9. The van der Waals surface area contributed by atoms with Crippen molar-refractivity contribution in [1.82, 2.24) is 34.4 Å². The van der Waals surface area contributed by atoms with E-state index < -0.39 is 0 Å². The average Bonchev–Trinajstić information content (AvgIpc) is 3.73. The SMILES string of the molecule is Nc1nc2c(sc(=O)n2CCN2CCC(c3ccc(OC4CCNCC4)cc3F)CC2)c2nc(-c3ccco3)nn12. The Balaban J connectivity index is 1.01. The first-order valence-corrected chi connectivity index (χ1v) is 14.8. The molecule has 2 aliphatic rings. The zero-order valence-corrected chi connectivity index (χ0v) is 23.3. The van der Waals surface area contributed by atoms with Crippen LogP contribution in [0.5, 0.6) is 5.75 Å². The van der Waals surface area contributed by atoms with Gasteiger partial charge in [-0.3, -0.25) is 9.36 Å². The Morgan fingerprint density at radius 3 is 2.68 bits per heavy atom. The van der Waals surface area contributed by atoms with E-state index in [1.807, 2.05) is 12.1 Å². The number of anilines is 1. The minimum atomic E-state index is -0.190. The summed E-state index contributed by atoms with van der Waals surface area (Å²) in [6.07, 6.45) is 5.28. The summed E-state index contributed by atoms with van der Waals surface area (Å²) in [6.45, 7) is 4.68. The molecule has 3 N–H and O–H groups in total. The van der Waals surface area contributed by atoms with Crippen LogP contribution in [0.3, 0.4) is 0 Å². The Morgan fingerprint density at radius 1 is 1.10 bits per heavy atom. The number of hydrogen-bond donors (Lipinski definition) is 2. The number of thiazole rings is 1. The lowest BCUT2D eigenvalue weighted by molar-refractivity contribution is 0.161.